The summed E-state index contributed by atoms with van der Waals surface area (Å²) in [6, 6.07) is 3.24. The number of benzene rings is 1. The van der Waals surface area contributed by atoms with Crippen molar-refractivity contribution >= 4 is 23.5 Å². The minimum atomic E-state index is -0.268. The van der Waals surface area contributed by atoms with E-state index in [1.807, 2.05) is 0 Å². The van der Waals surface area contributed by atoms with Crippen LogP contribution >= 0.6 is 11.6 Å². The zero-order valence-electron chi connectivity index (χ0n) is 13.5. The lowest BCUT2D eigenvalue weighted by atomic mass is 9.97. The number of halogens is 1. The number of hydrogen-bond acceptors (Lipinski definition) is 5. The van der Waals surface area contributed by atoms with Crippen LogP contribution in [0.15, 0.2) is 12.1 Å². The van der Waals surface area contributed by atoms with Crippen molar-refractivity contribution in [3.05, 3.63) is 22.7 Å². The minimum Gasteiger partial charge on any atom is -0.486 e. The predicted molar refractivity (Wildman–Crippen MR) is 87.7 cm³/mol. The third-order valence-corrected chi connectivity index (χ3v) is 4.45. The zero-order chi connectivity index (χ0) is 17.1. The molecule has 0 bridgehead atoms. The molecule has 7 heteroatoms. The average Bonchev–Trinajstić information content (AvgIpc) is 2.61. The van der Waals surface area contributed by atoms with Crippen molar-refractivity contribution in [2.75, 3.05) is 32.9 Å². The maximum absolute atomic E-state index is 12.8. The number of carbonyl (C=O) groups excluding carboxylic acids is 2. The van der Waals surface area contributed by atoms with E-state index >= 15 is 0 Å². The van der Waals surface area contributed by atoms with Crippen LogP contribution in [0.3, 0.4) is 0 Å². The smallest absolute Gasteiger partial charge is 0.310 e. The summed E-state index contributed by atoms with van der Waals surface area (Å²) < 4.78 is 16.1. The number of ether oxygens (including phenoxy) is 3. The first-order valence-corrected chi connectivity index (χ1v) is 8.53. The topological polar surface area (TPSA) is 65.1 Å². The molecule has 24 heavy (non-hydrogen) atoms. The van der Waals surface area contributed by atoms with Crippen LogP contribution in [-0.2, 0) is 9.53 Å². The molecule has 3 rings (SSSR count). The number of hydrogen-bond donors (Lipinski definition) is 0. The van der Waals surface area contributed by atoms with Gasteiger partial charge in [-0.2, -0.15) is 0 Å². The lowest BCUT2D eigenvalue weighted by Gasteiger charge is -2.32. The highest BCUT2D eigenvalue weighted by Crippen LogP contribution is 2.38. The fourth-order valence-electron chi connectivity index (χ4n) is 3.03. The van der Waals surface area contributed by atoms with Crippen molar-refractivity contribution in [2.45, 2.75) is 19.8 Å². The molecule has 0 aliphatic carbocycles. The molecule has 0 radical (unpaired) electrons. The fourth-order valence-corrected chi connectivity index (χ4v) is 3.30. The van der Waals surface area contributed by atoms with Gasteiger partial charge < -0.3 is 19.1 Å². The number of carbonyl (C=O) groups is 2. The predicted octanol–water partition coefficient (Wildman–Crippen LogP) is 2.53. The Labute approximate surface area is 145 Å². The summed E-state index contributed by atoms with van der Waals surface area (Å²) in [6.45, 7) is 3.97. The number of amides is 1. The summed E-state index contributed by atoms with van der Waals surface area (Å²) in [5, 5.41) is 0.356. The van der Waals surface area contributed by atoms with Crippen molar-refractivity contribution in [1.29, 1.82) is 0 Å². The van der Waals surface area contributed by atoms with E-state index in [0.717, 1.165) is 12.8 Å². The van der Waals surface area contributed by atoms with E-state index < -0.39 is 0 Å². The van der Waals surface area contributed by atoms with Crippen LogP contribution in [0.2, 0.25) is 5.02 Å². The van der Waals surface area contributed by atoms with Crippen LogP contribution in [0.1, 0.15) is 30.1 Å². The molecule has 6 nitrogen and oxygen atoms in total. The molecule has 2 heterocycles. The number of likely N-dealkylation sites (tertiary alicyclic amines) is 1. The van der Waals surface area contributed by atoms with Crippen LogP contribution in [0.5, 0.6) is 11.5 Å². The second kappa shape index (κ2) is 7.30. The molecule has 0 spiro atoms. The van der Waals surface area contributed by atoms with Crippen molar-refractivity contribution < 1.29 is 23.8 Å². The van der Waals surface area contributed by atoms with Gasteiger partial charge in [-0.3, -0.25) is 9.59 Å². The number of piperidine rings is 1. The van der Waals surface area contributed by atoms with Gasteiger partial charge in [-0.05, 0) is 31.9 Å². The van der Waals surface area contributed by atoms with Crippen LogP contribution in [0.25, 0.3) is 0 Å². The molecule has 1 fully saturated rings. The standard InChI is InChI=1S/C17H20ClNO5/c1-2-22-17(21)11-4-3-5-19(10-11)16(20)12-8-13(18)15-14(9-12)23-6-7-24-15/h8-9,11H,2-7,10H2,1H3. The minimum absolute atomic E-state index is 0.164. The van der Waals surface area contributed by atoms with E-state index in [2.05, 4.69) is 0 Å². The van der Waals surface area contributed by atoms with Crippen LogP contribution in [0, 0.1) is 5.92 Å². The van der Waals surface area contributed by atoms with Gasteiger partial charge in [0.25, 0.3) is 5.91 Å². The molecule has 1 atom stereocenters. The number of esters is 1. The Hall–Kier alpha value is -1.95. The summed E-state index contributed by atoms with van der Waals surface area (Å²) in [7, 11) is 0. The van der Waals surface area contributed by atoms with E-state index in [1.54, 1.807) is 24.0 Å². The Morgan fingerprint density at radius 3 is 2.92 bits per heavy atom. The highest BCUT2D eigenvalue weighted by molar-refractivity contribution is 6.32. The van der Waals surface area contributed by atoms with Gasteiger partial charge >= 0.3 is 5.97 Å². The van der Waals surface area contributed by atoms with E-state index in [1.165, 1.54) is 0 Å². The first kappa shape index (κ1) is 16.9. The third kappa shape index (κ3) is 3.43. The molecular weight excluding hydrogens is 334 g/mol. The van der Waals surface area contributed by atoms with Crippen LogP contribution in [0.4, 0.5) is 0 Å². The summed E-state index contributed by atoms with van der Waals surface area (Å²) in [6.07, 6.45) is 1.51. The Morgan fingerprint density at radius 2 is 2.12 bits per heavy atom. The summed E-state index contributed by atoms with van der Waals surface area (Å²) in [5.41, 5.74) is 0.439. The van der Waals surface area contributed by atoms with Crippen molar-refractivity contribution in [3.63, 3.8) is 0 Å². The molecule has 2 aliphatic heterocycles. The quantitative estimate of drug-likeness (QED) is 0.781. The molecule has 130 valence electrons. The van der Waals surface area contributed by atoms with Crippen molar-refractivity contribution in [1.82, 2.24) is 4.90 Å². The largest absolute Gasteiger partial charge is 0.486 e. The van der Waals surface area contributed by atoms with Gasteiger partial charge in [0.2, 0.25) is 0 Å². The molecule has 1 saturated heterocycles. The van der Waals surface area contributed by atoms with Gasteiger partial charge in [0, 0.05) is 18.7 Å². The Balaban J connectivity index is 1.76. The van der Waals surface area contributed by atoms with Gasteiger partial charge in [0.05, 0.1) is 17.5 Å². The molecular formula is C17H20ClNO5. The second-order valence-electron chi connectivity index (χ2n) is 5.82. The van der Waals surface area contributed by atoms with Gasteiger partial charge in [-0.1, -0.05) is 11.6 Å². The fraction of sp³-hybridized carbons (Fsp3) is 0.529. The lowest BCUT2D eigenvalue weighted by Crippen LogP contribution is -2.42. The molecule has 1 aromatic carbocycles. The maximum Gasteiger partial charge on any atom is 0.310 e. The molecule has 1 amide bonds. The Bertz CT molecular complexity index is 648. The van der Waals surface area contributed by atoms with Gasteiger partial charge in [-0.15, -0.1) is 0 Å². The first-order chi connectivity index (χ1) is 11.6. The number of rotatable bonds is 3. The summed E-state index contributed by atoms with van der Waals surface area (Å²) >= 11 is 6.20. The van der Waals surface area contributed by atoms with Crippen LogP contribution < -0.4 is 9.47 Å². The Kier molecular flexibility index (Phi) is 5.14. The van der Waals surface area contributed by atoms with Gasteiger partial charge in [-0.25, -0.2) is 0 Å². The highest BCUT2D eigenvalue weighted by Gasteiger charge is 2.30. The lowest BCUT2D eigenvalue weighted by molar-refractivity contribution is -0.149. The maximum atomic E-state index is 12.8. The molecule has 1 aromatic rings. The van der Waals surface area contributed by atoms with Crippen LogP contribution in [-0.4, -0.2) is 49.7 Å². The molecule has 0 N–H and O–H groups in total. The zero-order valence-corrected chi connectivity index (χ0v) is 14.3. The van der Waals surface area contributed by atoms with E-state index in [4.69, 9.17) is 25.8 Å². The van der Waals surface area contributed by atoms with Crippen molar-refractivity contribution in [2.24, 2.45) is 5.92 Å². The van der Waals surface area contributed by atoms with E-state index in [9.17, 15) is 9.59 Å². The van der Waals surface area contributed by atoms with Gasteiger partial charge in [0.15, 0.2) is 11.5 Å². The Morgan fingerprint density at radius 1 is 1.33 bits per heavy atom. The summed E-state index contributed by atoms with van der Waals surface area (Å²) in [4.78, 5) is 26.4. The normalized spacial score (nSPS) is 19.8. The molecule has 0 saturated carbocycles. The third-order valence-electron chi connectivity index (χ3n) is 4.17. The molecule has 2 aliphatic rings. The average molecular weight is 354 g/mol. The molecule has 0 aromatic heterocycles. The second-order valence-corrected chi connectivity index (χ2v) is 6.23. The van der Waals surface area contributed by atoms with Crippen molar-refractivity contribution in [3.8, 4) is 11.5 Å². The molecule has 1 unspecified atom stereocenters. The first-order valence-electron chi connectivity index (χ1n) is 8.15. The summed E-state index contributed by atoms with van der Waals surface area (Å²) in [5.74, 6) is 0.284. The number of fused-ring (bicyclic) bond motifs is 1. The van der Waals surface area contributed by atoms with Gasteiger partial charge in [0.1, 0.15) is 13.2 Å². The number of nitrogens with zero attached hydrogens (tertiary/aromatic N) is 1. The monoisotopic (exact) mass is 353 g/mol. The highest BCUT2D eigenvalue weighted by atomic mass is 35.5. The SMILES string of the molecule is CCOC(=O)C1CCCN(C(=O)c2cc(Cl)c3c(c2)OCCO3)C1. The van der Waals surface area contributed by atoms with E-state index in [-0.39, 0.29) is 17.8 Å². The van der Waals surface area contributed by atoms with E-state index in [0.29, 0.717) is 55.0 Å².